The molecule has 1 N–H and O–H groups in total. The van der Waals surface area contributed by atoms with E-state index in [0.717, 1.165) is 14.9 Å². The van der Waals surface area contributed by atoms with Crippen LogP contribution in [0.3, 0.4) is 0 Å². The summed E-state index contributed by atoms with van der Waals surface area (Å²) in [5.74, 6) is 0. The van der Waals surface area contributed by atoms with Crippen LogP contribution in [0.25, 0.3) is 0 Å². The van der Waals surface area contributed by atoms with Gasteiger partial charge in [0.1, 0.15) is 0 Å². The fourth-order valence-corrected chi connectivity index (χ4v) is 3.59. The maximum atomic E-state index is 12.0. The first-order valence-corrected chi connectivity index (χ1v) is 8.54. The van der Waals surface area contributed by atoms with E-state index in [2.05, 4.69) is 5.32 Å². The van der Waals surface area contributed by atoms with Crippen molar-refractivity contribution < 1.29 is 8.42 Å². The smallest absolute Gasteiger partial charge is 0.242 e. The molecule has 1 aromatic carbocycles. The van der Waals surface area contributed by atoms with E-state index in [1.54, 1.807) is 18.2 Å². The number of rotatable bonds is 5. The summed E-state index contributed by atoms with van der Waals surface area (Å²) in [5.41, 5.74) is 0.762. The minimum atomic E-state index is -3.40. The van der Waals surface area contributed by atoms with Crippen molar-refractivity contribution in [1.29, 1.82) is 0 Å². The first-order chi connectivity index (χ1) is 9.39. The second-order valence-electron chi connectivity index (χ2n) is 4.37. The summed E-state index contributed by atoms with van der Waals surface area (Å²) in [6, 6.07) is 10.6. The average Bonchev–Trinajstić information content (AvgIpc) is 2.82. The fraction of sp³-hybridized carbons (Fsp3) is 0.231. The Kier molecular flexibility index (Phi) is 4.70. The number of anilines is 1. The van der Waals surface area contributed by atoms with Crippen LogP contribution in [0, 0.1) is 0 Å². The van der Waals surface area contributed by atoms with Crippen LogP contribution in [-0.2, 0) is 16.6 Å². The Morgan fingerprint density at radius 2 is 2.00 bits per heavy atom. The van der Waals surface area contributed by atoms with Crippen LogP contribution in [-0.4, -0.2) is 26.8 Å². The monoisotopic (exact) mass is 330 g/mol. The summed E-state index contributed by atoms with van der Waals surface area (Å²) in [5, 5.41) is 3.19. The van der Waals surface area contributed by atoms with Crippen LogP contribution in [0.4, 0.5) is 5.69 Å². The quantitative estimate of drug-likeness (QED) is 0.915. The van der Waals surface area contributed by atoms with Gasteiger partial charge in [0.15, 0.2) is 0 Å². The summed E-state index contributed by atoms with van der Waals surface area (Å²) in [6.45, 7) is 0.614. The van der Waals surface area contributed by atoms with E-state index in [9.17, 15) is 8.42 Å². The highest BCUT2D eigenvalue weighted by atomic mass is 35.5. The van der Waals surface area contributed by atoms with E-state index >= 15 is 0 Å². The normalized spacial score (nSPS) is 11.8. The molecular formula is C13H15ClN2O2S2. The molecule has 0 saturated carbocycles. The lowest BCUT2D eigenvalue weighted by atomic mass is 10.3. The Morgan fingerprint density at radius 3 is 2.60 bits per heavy atom. The molecule has 0 radical (unpaired) electrons. The summed E-state index contributed by atoms with van der Waals surface area (Å²) in [7, 11) is -0.370. The molecule has 0 aliphatic heterocycles. The molecule has 2 aromatic rings. The molecule has 7 heteroatoms. The van der Waals surface area contributed by atoms with Gasteiger partial charge in [0.2, 0.25) is 10.0 Å². The van der Waals surface area contributed by atoms with E-state index < -0.39 is 10.0 Å². The van der Waals surface area contributed by atoms with Crippen molar-refractivity contribution in [3.63, 3.8) is 0 Å². The van der Waals surface area contributed by atoms with Gasteiger partial charge in [-0.1, -0.05) is 17.7 Å². The van der Waals surface area contributed by atoms with Crippen LogP contribution in [0.1, 0.15) is 4.88 Å². The Hall–Kier alpha value is -1.08. The molecule has 0 bridgehead atoms. The summed E-state index contributed by atoms with van der Waals surface area (Å²) in [4.78, 5) is 1.37. The first kappa shape index (κ1) is 15.3. The van der Waals surface area contributed by atoms with Crippen LogP contribution in [0.5, 0.6) is 0 Å². The molecule has 0 saturated heterocycles. The van der Waals surface area contributed by atoms with Crippen molar-refractivity contribution >= 4 is 38.6 Å². The Bertz CT molecular complexity index is 696. The number of hydrogen-bond donors (Lipinski definition) is 1. The number of benzene rings is 1. The van der Waals surface area contributed by atoms with Crippen molar-refractivity contribution in [3.8, 4) is 0 Å². The topological polar surface area (TPSA) is 49.4 Å². The average molecular weight is 331 g/mol. The Morgan fingerprint density at radius 1 is 1.25 bits per heavy atom. The van der Waals surface area contributed by atoms with E-state index in [4.69, 9.17) is 11.6 Å². The van der Waals surface area contributed by atoms with Crippen molar-refractivity contribution in [2.24, 2.45) is 0 Å². The van der Waals surface area contributed by atoms with Gasteiger partial charge in [-0.05, 0) is 30.3 Å². The van der Waals surface area contributed by atoms with Crippen molar-refractivity contribution in [1.82, 2.24) is 4.31 Å². The SMILES string of the molecule is CN(C)S(=O)(=O)c1cccc(NCc2ccc(Cl)s2)c1. The minimum Gasteiger partial charge on any atom is -0.380 e. The largest absolute Gasteiger partial charge is 0.380 e. The number of halogens is 1. The van der Waals surface area contributed by atoms with Crippen LogP contribution in [0.2, 0.25) is 4.34 Å². The number of hydrogen-bond acceptors (Lipinski definition) is 4. The standard InChI is InChI=1S/C13H15ClN2O2S2/c1-16(2)20(17,18)12-5-3-4-10(8-12)15-9-11-6-7-13(14)19-11/h3-8,15H,9H2,1-2H3. The molecule has 4 nitrogen and oxygen atoms in total. The molecule has 20 heavy (non-hydrogen) atoms. The first-order valence-electron chi connectivity index (χ1n) is 5.90. The summed E-state index contributed by atoms with van der Waals surface area (Å²) < 4.78 is 26.0. The molecule has 0 aliphatic rings. The van der Waals surface area contributed by atoms with Crippen LogP contribution >= 0.6 is 22.9 Å². The van der Waals surface area contributed by atoms with Gasteiger partial charge in [0.25, 0.3) is 0 Å². The van der Waals surface area contributed by atoms with Gasteiger partial charge in [0.05, 0.1) is 9.23 Å². The number of thiophene rings is 1. The Labute approximate surface area is 128 Å². The molecule has 2 rings (SSSR count). The van der Waals surface area contributed by atoms with Gasteiger partial charge in [0, 0.05) is 31.2 Å². The summed E-state index contributed by atoms with van der Waals surface area (Å²) in [6.07, 6.45) is 0. The van der Waals surface area contributed by atoms with Gasteiger partial charge in [-0.3, -0.25) is 0 Å². The zero-order chi connectivity index (χ0) is 14.8. The molecule has 0 unspecified atom stereocenters. The molecule has 1 aromatic heterocycles. The third-order valence-electron chi connectivity index (χ3n) is 2.71. The zero-order valence-electron chi connectivity index (χ0n) is 11.1. The lowest BCUT2D eigenvalue weighted by Crippen LogP contribution is -2.22. The van der Waals surface area contributed by atoms with Crippen molar-refractivity contribution in [3.05, 3.63) is 45.6 Å². The molecule has 0 aliphatic carbocycles. The minimum absolute atomic E-state index is 0.275. The maximum Gasteiger partial charge on any atom is 0.242 e. The van der Waals surface area contributed by atoms with Gasteiger partial charge < -0.3 is 5.32 Å². The molecule has 0 amide bonds. The van der Waals surface area contributed by atoms with Gasteiger partial charge in [-0.25, -0.2) is 12.7 Å². The molecule has 1 heterocycles. The molecule has 0 spiro atoms. The highest BCUT2D eigenvalue weighted by Gasteiger charge is 2.17. The van der Waals surface area contributed by atoms with Crippen LogP contribution < -0.4 is 5.32 Å². The van der Waals surface area contributed by atoms with Gasteiger partial charge in [-0.15, -0.1) is 11.3 Å². The summed E-state index contributed by atoms with van der Waals surface area (Å²) >= 11 is 7.37. The highest BCUT2D eigenvalue weighted by Crippen LogP contribution is 2.23. The third-order valence-corrected chi connectivity index (χ3v) is 5.75. The second-order valence-corrected chi connectivity index (χ2v) is 8.33. The lowest BCUT2D eigenvalue weighted by Gasteiger charge is -2.12. The molecule has 108 valence electrons. The number of nitrogens with zero attached hydrogens (tertiary/aromatic N) is 1. The second kappa shape index (κ2) is 6.13. The lowest BCUT2D eigenvalue weighted by molar-refractivity contribution is 0.521. The third kappa shape index (κ3) is 3.52. The molecule has 0 fully saturated rings. The van der Waals surface area contributed by atoms with E-state index in [1.165, 1.54) is 29.7 Å². The number of sulfonamides is 1. The Balaban J connectivity index is 2.14. The van der Waals surface area contributed by atoms with Crippen LogP contribution in [0.15, 0.2) is 41.3 Å². The molecular weight excluding hydrogens is 316 g/mol. The van der Waals surface area contributed by atoms with Crippen molar-refractivity contribution in [2.45, 2.75) is 11.4 Å². The number of nitrogens with one attached hydrogen (secondary N) is 1. The van der Waals surface area contributed by atoms with E-state index in [0.29, 0.717) is 6.54 Å². The van der Waals surface area contributed by atoms with E-state index in [-0.39, 0.29) is 4.90 Å². The van der Waals surface area contributed by atoms with Gasteiger partial charge >= 0.3 is 0 Å². The zero-order valence-corrected chi connectivity index (χ0v) is 13.5. The predicted octanol–water partition coefficient (Wildman–Crippen LogP) is 3.26. The maximum absolute atomic E-state index is 12.0. The van der Waals surface area contributed by atoms with Gasteiger partial charge in [-0.2, -0.15) is 0 Å². The fourth-order valence-electron chi connectivity index (χ4n) is 1.61. The molecule has 0 atom stereocenters. The van der Waals surface area contributed by atoms with E-state index in [1.807, 2.05) is 18.2 Å². The highest BCUT2D eigenvalue weighted by molar-refractivity contribution is 7.89. The van der Waals surface area contributed by atoms with Crippen molar-refractivity contribution in [2.75, 3.05) is 19.4 Å². The predicted molar refractivity (Wildman–Crippen MR) is 84.0 cm³/mol.